The standard InChI is InChI=1S/C23H21N3O3/c1-27-19-12-14(13-20(28-2)21(19)29-3)22-24-16-9-5-4-8-15(16)23-25-17-10-6-7-11-18(17)26(22)23/h4-13,22,24H,1-3H3. The fourth-order valence-corrected chi connectivity index (χ4v) is 4.00. The fraction of sp³-hybridized carbons (Fsp3) is 0.174. The minimum atomic E-state index is -0.180. The van der Waals surface area contributed by atoms with E-state index in [1.807, 2.05) is 42.5 Å². The van der Waals surface area contributed by atoms with E-state index in [0.717, 1.165) is 33.7 Å². The zero-order valence-corrected chi connectivity index (χ0v) is 16.5. The van der Waals surface area contributed by atoms with E-state index < -0.39 is 0 Å². The summed E-state index contributed by atoms with van der Waals surface area (Å²) in [4.78, 5) is 4.93. The highest BCUT2D eigenvalue weighted by molar-refractivity contribution is 5.86. The van der Waals surface area contributed by atoms with E-state index in [1.165, 1.54) is 0 Å². The molecule has 1 aromatic heterocycles. The van der Waals surface area contributed by atoms with Gasteiger partial charge in [0.05, 0.1) is 32.4 Å². The average molecular weight is 387 g/mol. The molecule has 0 saturated heterocycles. The van der Waals surface area contributed by atoms with Crippen LogP contribution in [0.5, 0.6) is 17.2 Å². The number of para-hydroxylation sites is 3. The Labute approximate surface area is 168 Å². The predicted molar refractivity (Wildman–Crippen MR) is 113 cm³/mol. The number of hydrogen-bond donors (Lipinski definition) is 1. The maximum atomic E-state index is 5.58. The summed E-state index contributed by atoms with van der Waals surface area (Å²) in [7, 11) is 4.86. The number of rotatable bonds is 4. The summed E-state index contributed by atoms with van der Waals surface area (Å²) < 4.78 is 18.9. The number of methoxy groups -OCH3 is 3. The summed E-state index contributed by atoms with van der Waals surface area (Å²) >= 11 is 0. The van der Waals surface area contributed by atoms with Crippen LogP contribution in [-0.2, 0) is 0 Å². The summed E-state index contributed by atoms with van der Waals surface area (Å²) in [6.07, 6.45) is -0.180. The third kappa shape index (κ3) is 2.60. The highest BCUT2D eigenvalue weighted by Gasteiger charge is 2.29. The second-order valence-electron chi connectivity index (χ2n) is 6.85. The lowest BCUT2D eigenvalue weighted by molar-refractivity contribution is 0.323. The van der Waals surface area contributed by atoms with Crippen molar-refractivity contribution in [2.45, 2.75) is 6.17 Å². The van der Waals surface area contributed by atoms with Gasteiger partial charge in [0, 0.05) is 16.8 Å². The molecular weight excluding hydrogens is 366 g/mol. The molecule has 0 radical (unpaired) electrons. The van der Waals surface area contributed by atoms with Crippen molar-refractivity contribution in [3.05, 3.63) is 66.2 Å². The van der Waals surface area contributed by atoms with E-state index in [4.69, 9.17) is 19.2 Å². The third-order valence-electron chi connectivity index (χ3n) is 5.32. The molecule has 0 bridgehead atoms. The summed E-state index contributed by atoms with van der Waals surface area (Å²) in [6.45, 7) is 0. The molecule has 1 atom stereocenters. The van der Waals surface area contributed by atoms with Gasteiger partial charge in [-0.05, 0) is 36.4 Å². The molecule has 6 nitrogen and oxygen atoms in total. The Morgan fingerprint density at radius 1 is 0.862 bits per heavy atom. The van der Waals surface area contributed by atoms with Crippen LogP contribution in [0.15, 0.2) is 60.7 Å². The molecule has 3 aromatic carbocycles. The van der Waals surface area contributed by atoms with E-state index in [2.05, 4.69) is 28.1 Å². The number of benzene rings is 3. The molecule has 29 heavy (non-hydrogen) atoms. The lowest BCUT2D eigenvalue weighted by Gasteiger charge is -2.31. The number of anilines is 1. The molecule has 4 aromatic rings. The molecule has 5 rings (SSSR count). The molecule has 2 heterocycles. The minimum Gasteiger partial charge on any atom is -0.493 e. The van der Waals surface area contributed by atoms with Crippen LogP contribution in [0, 0.1) is 0 Å². The molecule has 0 aliphatic carbocycles. The van der Waals surface area contributed by atoms with Gasteiger partial charge in [-0.2, -0.15) is 0 Å². The first-order chi connectivity index (χ1) is 14.2. The van der Waals surface area contributed by atoms with Crippen LogP contribution in [0.25, 0.3) is 22.4 Å². The van der Waals surface area contributed by atoms with Gasteiger partial charge in [0.25, 0.3) is 0 Å². The first-order valence-corrected chi connectivity index (χ1v) is 9.38. The van der Waals surface area contributed by atoms with Gasteiger partial charge in [-0.3, -0.25) is 4.57 Å². The van der Waals surface area contributed by atoms with Gasteiger partial charge in [-0.1, -0.05) is 24.3 Å². The molecule has 6 heteroatoms. The second kappa shape index (κ2) is 6.74. The minimum absolute atomic E-state index is 0.180. The van der Waals surface area contributed by atoms with Crippen molar-refractivity contribution in [3.8, 4) is 28.6 Å². The van der Waals surface area contributed by atoms with Gasteiger partial charge in [0.2, 0.25) is 5.75 Å². The lowest BCUT2D eigenvalue weighted by Crippen LogP contribution is -2.24. The number of nitrogens with zero attached hydrogens (tertiary/aromatic N) is 2. The second-order valence-corrected chi connectivity index (χ2v) is 6.85. The van der Waals surface area contributed by atoms with Gasteiger partial charge in [0.15, 0.2) is 11.5 Å². The monoisotopic (exact) mass is 387 g/mol. The van der Waals surface area contributed by atoms with Crippen molar-refractivity contribution in [3.63, 3.8) is 0 Å². The van der Waals surface area contributed by atoms with Crippen LogP contribution in [0.4, 0.5) is 5.69 Å². The zero-order chi connectivity index (χ0) is 20.0. The Kier molecular flexibility index (Phi) is 4.05. The van der Waals surface area contributed by atoms with Crippen molar-refractivity contribution in [2.24, 2.45) is 0 Å². The molecule has 1 aliphatic rings. The maximum absolute atomic E-state index is 5.58. The Balaban J connectivity index is 1.78. The van der Waals surface area contributed by atoms with Crippen LogP contribution in [-0.4, -0.2) is 30.9 Å². The van der Waals surface area contributed by atoms with Crippen molar-refractivity contribution in [2.75, 3.05) is 26.6 Å². The molecule has 0 saturated carbocycles. The van der Waals surface area contributed by atoms with E-state index in [1.54, 1.807) is 21.3 Å². The van der Waals surface area contributed by atoms with E-state index in [9.17, 15) is 0 Å². The number of ether oxygens (including phenoxy) is 3. The quantitative estimate of drug-likeness (QED) is 0.550. The van der Waals surface area contributed by atoms with Gasteiger partial charge in [-0.15, -0.1) is 0 Å². The van der Waals surface area contributed by atoms with Crippen LogP contribution in [0.1, 0.15) is 11.7 Å². The Morgan fingerprint density at radius 3 is 2.28 bits per heavy atom. The number of aromatic nitrogens is 2. The summed E-state index contributed by atoms with van der Waals surface area (Å²) in [5.74, 6) is 2.74. The number of fused-ring (bicyclic) bond motifs is 5. The largest absolute Gasteiger partial charge is 0.493 e. The fourth-order valence-electron chi connectivity index (χ4n) is 4.00. The SMILES string of the molecule is COc1cc(C2Nc3ccccc3-c3nc4ccccc4n32)cc(OC)c1OC. The van der Waals surface area contributed by atoms with Crippen LogP contribution in [0.2, 0.25) is 0 Å². The Hall–Kier alpha value is -3.67. The number of hydrogen-bond acceptors (Lipinski definition) is 5. The van der Waals surface area contributed by atoms with Gasteiger partial charge >= 0.3 is 0 Å². The molecule has 0 spiro atoms. The molecule has 146 valence electrons. The third-order valence-corrected chi connectivity index (χ3v) is 5.32. The Bertz CT molecular complexity index is 1190. The smallest absolute Gasteiger partial charge is 0.203 e. The first kappa shape index (κ1) is 17.4. The van der Waals surface area contributed by atoms with Crippen LogP contribution < -0.4 is 19.5 Å². The summed E-state index contributed by atoms with van der Waals surface area (Å²) in [6, 6.07) is 20.3. The average Bonchev–Trinajstić information content (AvgIpc) is 3.17. The molecule has 0 fully saturated rings. The van der Waals surface area contributed by atoms with E-state index in [-0.39, 0.29) is 6.17 Å². The normalized spacial score (nSPS) is 14.7. The summed E-state index contributed by atoms with van der Waals surface area (Å²) in [5, 5.41) is 3.66. The number of nitrogens with one attached hydrogen (secondary N) is 1. The molecule has 1 aliphatic heterocycles. The van der Waals surface area contributed by atoms with Crippen LogP contribution >= 0.6 is 0 Å². The highest BCUT2D eigenvalue weighted by Crippen LogP contribution is 2.44. The Morgan fingerprint density at radius 2 is 1.55 bits per heavy atom. The van der Waals surface area contributed by atoms with E-state index >= 15 is 0 Å². The summed E-state index contributed by atoms with van der Waals surface area (Å²) in [5.41, 5.74) is 5.11. The van der Waals surface area contributed by atoms with Crippen molar-refractivity contribution in [1.82, 2.24) is 9.55 Å². The van der Waals surface area contributed by atoms with Gasteiger partial charge in [0.1, 0.15) is 12.0 Å². The van der Waals surface area contributed by atoms with Crippen LogP contribution in [0.3, 0.4) is 0 Å². The molecular formula is C23H21N3O3. The maximum Gasteiger partial charge on any atom is 0.203 e. The van der Waals surface area contributed by atoms with Gasteiger partial charge in [-0.25, -0.2) is 4.98 Å². The zero-order valence-electron chi connectivity index (χ0n) is 16.5. The first-order valence-electron chi connectivity index (χ1n) is 9.38. The van der Waals surface area contributed by atoms with Crippen molar-refractivity contribution >= 4 is 16.7 Å². The lowest BCUT2D eigenvalue weighted by atomic mass is 10.0. The van der Waals surface area contributed by atoms with Gasteiger partial charge < -0.3 is 19.5 Å². The van der Waals surface area contributed by atoms with Crippen molar-refractivity contribution < 1.29 is 14.2 Å². The molecule has 0 amide bonds. The highest BCUT2D eigenvalue weighted by atomic mass is 16.5. The van der Waals surface area contributed by atoms with Crippen molar-refractivity contribution in [1.29, 1.82) is 0 Å². The topological polar surface area (TPSA) is 57.5 Å². The number of imidazole rings is 1. The van der Waals surface area contributed by atoms with E-state index in [0.29, 0.717) is 17.2 Å². The molecule has 1 unspecified atom stereocenters. The predicted octanol–water partition coefficient (Wildman–Crippen LogP) is 4.70. The molecule has 1 N–H and O–H groups in total.